The fraction of sp³-hybridized carbons (Fsp3) is 0.304. The molecule has 30 heavy (non-hydrogen) atoms. The minimum atomic E-state index is -0.855. The monoisotopic (exact) mass is 414 g/mol. The molecule has 1 saturated heterocycles. The molecule has 0 spiro atoms. The summed E-state index contributed by atoms with van der Waals surface area (Å²) in [6.07, 6.45) is 0. The van der Waals surface area contributed by atoms with E-state index in [9.17, 15) is 23.5 Å². The van der Waals surface area contributed by atoms with Crippen LogP contribution in [0.3, 0.4) is 0 Å². The minimum Gasteiger partial charge on any atom is -0.507 e. The molecule has 5 nitrogen and oxygen atoms in total. The predicted octanol–water partition coefficient (Wildman–Crippen LogP) is 3.73. The Morgan fingerprint density at radius 3 is 2.03 bits per heavy atom. The molecule has 0 saturated carbocycles. The predicted molar refractivity (Wildman–Crippen MR) is 110 cm³/mol. The zero-order valence-corrected chi connectivity index (χ0v) is 16.9. The molecule has 1 fully saturated rings. The van der Waals surface area contributed by atoms with Gasteiger partial charge in [-0.3, -0.25) is 9.59 Å². The third-order valence-electron chi connectivity index (χ3n) is 5.39. The highest BCUT2D eigenvalue weighted by molar-refractivity contribution is 6.46. The normalized spacial score (nSPS) is 18.4. The Labute approximate surface area is 174 Å². The van der Waals surface area contributed by atoms with Crippen molar-refractivity contribution in [2.75, 3.05) is 26.2 Å². The largest absolute Gasteiger partial charge is 0.507 e. The Kier molecular flexibility index (Phi) is 6.62. The first-order valence-corrected chi connectivity index (χ1v) is 9.89. The minimum absolute atomic E-state index is 0.0854. The molecule has 1 heterocycles. The molecule has 0 aromatic heterocycles. The number of ketones is 1. The van der Waals surface area contributed by atoms with Crippen LogP contribution in [0.25, 0.3) is 5.76 Å². The second-order valence-corrected chi connectivity index (χ2v) is 7.08. The topological polar surface area (TPSA) is 60.9 Å². The van der Waals surface area contributed by atoms with Crippen LogP contribution in [-0.2, 0) is 9.59 Å². The van der Waals surface area contributed by atoms with Crippen LogP contribution in [-0.4, -0.2) is 52.8 Å². The number of nitrogens with zero attached hydrogens (tertiary/aromatic N) is 2. The van der Waals surface area contributed by atoms with Gasteiger partial charge in [0.25, 0.3) is 11.7 Å². The number of hydrogen-bond donors (Lipinski definition) is 1. The van der Waals surface area contributed by atoms with E-state index in [1.54, 1.807) is 0 Å². The molecule has 0 bridgehead atoms. The lowest BCUT2D eigenvalue weighted by atomic mass is 9.95. The zero-order chi connectivity index (χ0) is 21.8. The molecule has 0 aliphatic carbocycles. The van der Waals surface area contributed by atoms with Gasteiger partial charge in [-0.05, 0) is 55.1 Å². The Balaban J connectivity index is 2.08. The molecule has 2 aromatic carbocycles. The number of carbonyl (C=O) groups is 2. The zero-order valence-electron chi connectivity index (χ0n) is 16.9. The second-order valence-electron chi connectivity index (χ2n) is 7.08. The first-order valence-electron chi connectivity index (χ1n) is 9.89. The molecule has 158 valence electrons. The number of rotatable bonds is 7. The van der Waals surface area contributed by atoms with Crippen LogP contribution in [0, 0.1) is 11.6 Å². The molecule has 7 heteroatoms. The van der Waals surface area contributed by atoms with E-state index < -0.39 is 29.4 Å². The van der Waals surface area contributed by atoms with Crippen LogP contribution in [0.15, 0.2) is 54.1 Å². The van der Waals surface area contributed by atoms with Crippen LogP contribution in [0.4, 0.5) is 8.78 Å². The highest BCUT2D eigenvalue weighted by atomic mass is 19.1. The maximum absolute atomic E-state index is 13.5. The van der Waals surface area contributed by atoms with Crippen molar-refractivity contribution in [2.45, 2.75) is 19.9 Å². The van der Waals surface area contributed by atoms with Gasteiger partial charge in [-0.1, -0.05) is 26.0 Å². The average molecular weight is 414 g/mol. The lowest BCUT2D eigenvalue weighted by molar-refractivity contribution is -0.140. The summed E-state index contributed by atoms with van der Waals surface area (Å²) in [4.78, 5) is 29.2. The molecule has 2 aromatic rings. The lowest BCUT2D eigenvalue weighted by Gasteiger charge is -2.28. The van der Waals surface area contributed by atoms with Crippen molar-refractivity contribution in [1.82, 2.24) is 9.80 Å². The van der Waals surface area contributed by atoms with Gasteiger partial charge < -0.3 is 14.9 Å². The van der Waals surface area contributed by atoms with E-state index in [1.165, 1.54) is 53.4 Å². The SMILES string of the molecule is CCN(CC)CCN1C(=O)C(=O)/C(=C(\O)c2ccc(F)cc2)C1c1ccc(F)cc1. The van der Waals surface area contributed by atoms with Crippen LogP contribution in [0.2, 0.25) is 0 Å². The van der Waals surface area contributed by atoms with Gasteiger partial charge in [-0.15, -0.1) is 0 Å². The quantitative estimate of drug-likeness (QED) is 0.426. The molecule has 1 N–H and O–H groups in total. The Morgan fingerprint density at radius 2 is 1.50 bits per heavy atom. The number of Topliss-reactive ketones (excluding diaryl/α,β-unsaturated/α-hetero) is 1. The molecular formula is C23H24F2N2O3. The van der Waals surface area contributed by atoms with Crippen molar-refractivity contribution in [3.63, 3.8) is 0 Å². The molecule has 3 rings (SSSR count). The molecule has 1 aliphatic rings. The van der Waals surface area contributed by atoms with E-state index in [-0.39, 0.29) is 23.4 Å². The molecule has 1 unspecified atom stereocenters. The summed E-state index contributed by atoms with van der Waals surface area (Å²) in [5, 5.41) is 10.8. The number of carbonyl (C=O) groups excluding carboxylic acids is 2. The Hall–Kier alpha value is -3.06. The van der Waals surface area contributed by atoms with Crippen molar-refractivity contribution in [3.05, 3.63) is 76.9 Å². The van der Waals surface area contributed by atoms with E-state index >= 15 is 0 Å². The van der Waals surface area contributed by atoms with E-state index in [2.05, 4.69) is 4.90 Å². The van der Waals surface area contributed by atoms with Crippen LogP contribution in [0.5, 0.6) is 0 Å². The van der Waals surface area contributed by atoms with Gasteiger partial charge in [0.1, 0.15) is 17.4 Å². The number of hydrogen-bond acceptors (Lipinski definition) is 4. The first kappa shape index (κ1) is 21.6. The standard InChI is InChI=1S/C23H24F2N2O3/c1-3-26(4-2)13-14-27-20(15-5-9-17(24)10-6-15)19(22(29)23(27)30)21(28)16-7-11-18(25)12-8-16/h5-12,20,28H,3-4,13-14H2,1-2H3/b21-19-. The summed E-state index contributed by atoms with van der Waals surface area (Å²) >= 11 is 0. The van der Waals surface area contributed by atoms with Crippen molar-refractivity contribution in [1.29, 1.82) is 0 Å². The summed E-state index contributed by atoms with van der Waals surface area (Å²) in [7, 11) is 0. The summed E-state index contributed by atoms with van der Waals surface area (Å²) < 4.78 is 26.8. The third kappa shape index (κ3) is 4.26. The Morgan fingerprint density at radius 1 is 0.967 bits per heavy atom. The van der Waals surface area contributed by atoms with Gasteiger partial charge in [0, 0.05) is 18.7 Å². The summed E-state index contributed by atoms with van der Waals surface area (Å²) in [6.45, 7) is 6.41. The van der Waals surface area contributed by atoms with E-state index in [4.69, 9.17) is 0 Å². The van der Waals surface area contributed by atoms with Crippen molar-refractivity contribution in [3.8, 4) is 0 Å². The summed E-state index contributed by atoms with van der Waals surface area (Å²) in [5.41, 5.74) is 0.654. The van der Waals surface area contributed by atoms with Crippen molar-refractivity contribution < 1.29 is 23.5 Å². The molecular weight excluding hydrogens is 390 g/mol. The molecule has 1 aliphatic heterocycles. The van der Waals surface area contributed by atoms with Crippen molar-refractivity contribution in [2.24, 2.45) is 0 Å². The number of aliphatic hydroxyl groups excluding tert-OH is 1. The van der Waals surface area contributed by atoms with Gasteiger partial charge in [0.15, 0.2) is 0 Å². The highest BCUT2D eigenvalue weighted by Gasteiger charge is 2.45. The second kappa shape index (κ2) is 9.17. The molecule has 1 atom stereocenters. The van der Waals surface area contributed by atoms with Crippen LogP contribution < -0.4 is 0 Å². The molecule has 0 radical (unpaired) electrons. The van der Waals surface area contributed by atoms with Crippen LogP contribution >= 0.6 is 0 Å². The van der Waals surface area contributed by atoms with E-state index in [1.807, 2.05) is 13.8 Å². The van der Waals surface area contributed by atoms with Gasteiger partial charge in [-0.25, -0.2) is 8.78 Å². The third-order valence-corrected chi connectivity index (χ3v) is 5.39. The highest BCUT2D eigenvalue weighted by Crippen LogP contribution is 2.39. The maximum atomic E-state index is 13.5. The number of benzene rings is 2. The summed E-state index contributed by atoms with van der Waals surface area (Å²) in [5.74, 6) is -2.85. The number of aliphatic hydroxyl groups is 1. The van der Waals surface area contributed by atoms with E-state index in [0.717, 1.165) is 13.1 Å². The fourth-order valence-electron chi connectivity index (χ4n) is 3.65. The van der Waals surface area contributed by atoms with Gasteiger partial charge >= 0.3 is 0 Å². The van der Waals surface area contributed by atoms with Gasteiger partial charge in [0.2, 0.25) is 0 Å². The Bertz CT molecular complexity index is 951. The number of amides is 1. The van der Waals surface area contributed by atoms with Crippen molar-refractivity contribution >= 4 is 17.4 Å². The van der Waals surface area contributed by atoms with E-state index in [0.29, 0.717) is 12.1 Å². The number of halogens is 2. The van der Waals surface area contributed by atoms with Gasteiger partial charge in [-0.2, -0.15) is 0 Å². The fourth-order valence-corrected chi connectivity index (χ4v) is 3.65. The number of likely N-dealkylation sites (N-methyl/N-ethyl adjacent to an activating group) is 1. The van der Waals surface area contributed by atoms with Crippen LogP contribution in [0.1, 0.15) is 31.0 Å². The maximum Gasteiger partial charge on any atom is 0.295 e. The number of likely N-dealkylation sites (tertiary alicyclic amines) is 1. The van der Waals surface area contributed by atoms with Gasteiger partial charge in [0.05, 0.1) is 11.6 Å². The molecule has 1 amide bonds. The average Bonchev–Trinajstić information content (AvgIpc) is 3.00. The first-order chi connectivity index (χ1) is 14.4. The summed E-state index contributed by atoms with van der Waals surface area (Å²) in [6, 6.07) is 9.64. The lowest BCUT2D eigenvalue weighted by Crippen LogP contribution is -2.38. The smallest absolute Gasteiger partial charge is 0.295 e.